The molecule has 0 aromatic rings. The highest BCUT2D eigenvalue weighted by atomic mass is 16.3. The number of piperazine rings is 1. The van der Waals surface area contributed by atoms with Crippen molar-refractivity contribution >= 4 is 5.91 Å². The molecule has 2 N–H and O–H groups in total. The molecule has 2 unspecified atom stereocenters. The lowest BCUT2D eigenvalue weighted by molar-refractivity contribution is -0.141. The van der Waals surface area contributed by atoms with Crippen LogP contribution in [-0.4, -0.2) is 46.7 Å². The summed E-state index contributed by atoms with van der Waals surface area (Å²) in [5.74, 6) is 0.128. The van der Waals surface area contributed by atoms with Crippen LogP contribution >= 0.6 is 0 Å². The number of nitrogens with one attached hydrogen (secondary N) is 1. The normalized spacial score (nSPS) is 26.9. The monoisotopic (exact) mass is 228 g/mol. The van der Waals surface area contributed by atoms with Gasteiger partial charge in [0.1, 0.15) is 0 Å². The Hall–Kier alpha value is -0.610. The van der Waals surface area contributed by atoms with Crippen molar-refractivity contribution in [1.29, 1.82) is 0 Å². The maximum atomic E-state index is 12.2. The van der Waals surface area contributed by atoms with Gasteiger partial charge in [-0.05, 0) is 33.6 Å². The van der Waals surface area contributed by atoms with Gasteiger partial charge in [-0.3, -0.25) is 10.1 Å². The van der Waals surface area contributed by atoms with Crippen LogP contribution in [0.4, 0.5) is 0 Å². The molecular weight excluding hydrogens is 204 g/mol. The van der Waals surface area contributed by atoms with Gasteiger partial charge in [-0.2, -0.15) is 0 Å². The van der Waals surface area contributed by atoms with Crippen LogP contribution in [0.5, 0.6) is 0 Å². The summed E-state index contributed by atoms with van der Waals surface area (Å²) < 4.78 is 0. The highest BCUT2D eigenvalue weighted by molar-refractivity contribution is 5.83. The van der Waals surface area contributed by atoms with Crippen molar-refractivity contribution < 1.29 is 9.90 Å². The lowest BCUT2D eigenvalue weighted by Gasteiger charge is -2.45. The van der Waals surface area contributed by atoms with E-state index in [0.717, 1.165) is 13.0 Å². The highest BCUT2D eigenvalue weighted by Crippen LogP contribution is 2.20. The molecule has 4 nitrogen and oxygen atoms in total. The lowest BCUT2D eigenvalue weighted by Crippen LogP contribution is -2.66. The number of rotatable bonds is 4. The second-order valence-electron chi connectivity index (χ2n) is 5.32. The molecule has 0 aromatic heterocycles. The number of aliphatic hydroxyl groups excluding tert-OH is 1. The van der Waals surface area contributed by atoms with E-state index in [1.54, 1.807) is 0 Å². The smallest absolute Gasteiger partial charge is 0.240 e. The van der Waals surface area contributed by atoms with E-state index in [0.29, 0.717) is 6.42 Å². The predicted octanol–water partition coefficient (Wildman–Crippen LogP) is 0.746. The molecule has 1 fully saturated rings. The van der Waals surface area contributed by atoms with Crippen molar-refractivity contribution in [1.82, 2.24) is 10.2 Å². The van der Waals surface area contributed by atoms with Gasteiger partial charge < -0.3 is 10.0 Å². The Bertz CT molecular complexity index is 253. The van der Waals surface area contributed by atoms with Crippen molar-refractivity contribution in [3.8, 4) is 0 Å². The molecule has 1 aliphatic rings. The van der Waals surface area contributed by atoms with Crippen LogP contribution < -0.4 is 5.32 Å². The molecule has 16 heavy (non-hydrogen) atoms. The van der Waals surface area contributed by atoms with Crippen LogP contribution in [0.25, 0.3) is 0 Å². The quantitative estimate of drug-likeness (QED) is 0.746. The molecule has 1 saturated heterocycles. The Kier molecular flexibility index (Phi) is 4.33. The molecule has 0 bridgehead atoms. The van der Waals surface area contributed by atoms with E-state index in [2.05, 4.69) is 33.0 Å². The second kappa shape index (κ2) is 5.15. The molecule has 1 heterocycles. The number of amides is 1. The summed E-state index contributed by atoms with van der Waals surface area (Å²) in [7, 11) is 0. The van der Waals surface area contributed by atoms with Gasteiger partial charge in [0.2, 0.25) is 5.91 Å². The summed E-state index contributed by atoms with van der Waals surface area (Å²) in [4.78, 5) is 14.1. The molecule has 0 radical (unpaired) electrons. The fourth-order valence-corrected chi connectivity index (χ4v) is 2.20. The van der Waals surface area contributed by atoms with Gasteiger partial charge in [-0.25, -0.2) is 0 Å². The van der Waals surface area contributed by atoms with E-state index in [4.69, 9.17) is 5.11 Å². The third kappa shape index (κ3) is 2.95. The second-order valence-corrected chi connectivity index (χ2v) is 5.32. The standard InChI is InChI=1S/C12H24N2O2/c1-5-9(2)14-8-12(3,4)13-10(6-7-15)11(14)16/h9-10,13,15H,5-8H2,1-4H3. The van der Waals surface area contributed by atoms with E-state index in [9.17, 15) is 4.79 Å². The Morgan fingerprint density at radius 2 is 2.25 bits per heavy atom. The molecule has 0 saturated carbocycles. The number of hydrogen-bond donors (Lipinski definition) is 2. The third-order valence-corrected chi connectivity index (χ3v) is 3.25. The van der Waals surface area contributed by atoms with E-state index >= 15 is 0 Å². The minimum Gasteiger partial charge on any atom is -0.396 e. The topological polar surface area (TPSA) is 52.6 Å². The Labute approximate surface area is 98.0 Å². The molecule has 4 heteroatoms. The number of aliphatic hydroxyl groups is 1. The van der Waals surface area contributed by atoms with Gasteiger partial charge in [0.15, 0.2) is 0 Å². The van der Waals surface area contributed by atoms with Crippen molar-refractivity contribution in [3.63, 3.8) is 0 Å². The number of carbonyl (C=O) groups is 1. The molecule has 94 valence electrons. The Morgan fingerprint density at radius 3 is 2.75 bits per heavy atom. The van der Waals surface area contributed by atoms with Gasteiger partial charge in [-0.1, -0.05) is 6.92 Å². The Balaban J connectivity index is 2.80. The molecule has 1 aliphatic heterocycles. The maximum Gasteiger partial charge on any atom is 0.240 e. The van der Waals surface area contributed by atoms with Gasteiger partial charge in [0.25, 0.3) is 0 Å². The van der Waals surface area contributed by atoms with Crippen molar-refractivity contribution in [2.45, 2.75) is 58.2 Å². The third-order valence-electron chi connectivity index (χ3n) is 3.25. The molecule has 1 amide bonds. The van der Waals surface area contributed by atoms with Crippen LogP contribution in [0, 0.1) is 0 Å². The Morgan fingerprint density at radius 1 is 1.62 bits per heavy atom. The van der Waals surface area contributed by atoms with Crippen molar-refractivity contribution in [2.75, 3.05) is 13.2 Å². The van der Waals surface area contributed by atoms with Gasteiger partial charge in [-0.15, -0.1) is 0 Å². The van der Waals surface area contributed by atoms with Crippen LogP contribution in [0.1, 0.15) is 40.5 Å². The number of hydrogen-bond acceptors (Lipinski definition) is 3. The SMILES string of the molecule is CCC(C)N1CC(C)(C)NC(CCO)C1=O. The molecule has 0 spiro atoms. The zero-order chi connectivity index (χ0) is 12.3. The average molecular weight is 228 g/mol. The largest absolute Gasteiger partial charge is 0.396 e. The first-order valence-electron chi connectivity index (χ1n) is 6.10. The van der Waals surface area contributed by atoms with Crippen LogP contribution in [-0.2, 0) is 4.79 Å². The van der Waals surface area contributed by atoms with Gasteiger partial charge in [0, 0.05) is 24.7 Å². The zero-order valence-electron chi connectivity index (χ0n) is 10.8. The summed E-state index contributed by atoms with van der Waals surface area (Å²) >= 11 is 0. The summed E-state index contributed by atoms with van der Waals surface area (Å²) in [5, 5.41) is 12.3. The fourth-order valence-electron chi connectivity index (χ4n) is 2.20. The number of carbonyl (C=O) groups excluding carboxylic acids is 1. The average Bonchev–Trinajstić information content (AvgIpc) is 2.22. The molecule has 2 atom stereocenters. The summed E-state index contributed by atoms with van der Waals surface area (Å²) in [6.45, 7) is 9.15. The summed E-state index contributed by atoms with van der Waals surface area (Å²) in [6.07, 6.45) is 1.46. The van der Waals surface area contributed by atoms with Crippen LogP contribution in [0.15, 0.2) is 0 Å². The van der Waals surface area contributed by atoms with E-state index in [1.807, 2.05) is 4.90 Å². The first-order valence-corrected chi connectivity index (χ1v) is 6.10. The minimum atomic E-state index is -0.234. The van der Waals surface area contributed by atoms with E-state index in [-0.39, 0.29) is 30.1 Å². The first-order chi connectivity index (χ1) is 7.41. The summed E-state index contributed by atoms with van der Waals surface area (Å²) in [5.41, 5.74) is -0.0722. The van der Waals surface area contributed by atoms with Gasteiger partial charge >= 0.3 is 0 Å². The molecule has 1 rings (SSSR count). The first kappa shape index (κ1) is 13.5. The van der Waals surface area contributed by atoms with E-state index in [1.165, 1.54) is 0 Å². The number of nitrogens with zero attached hydrogens (tertiary/aromatic N) is 1. The molecule has 0 aromatic carbocycles. The van der Waals surface area contributed by atoms with Crippen LogP contribution in [0.2, 0.25) is 0 Å². The highest BCUT2D eigenvalue weighted by Gasteiger charge is 2.38. The van der Waals surface area contributed by atoms with E-state index < -0.39 is 0 Å². The minimum absolute atomic E-state index is 0.0494. The molecular formula is C12H24N2O2. The predicted molar refractivity (Wildman–Crippen MR) is 64.2 cm³/mol. The fraction of sp³-hybridized carbons (Fsp3) is 0.917. The van der Waals surface area contributed by atoms with Crippen LogP contribution in [0.3, 0.4) is 0 Å². The van der Waals surface area contributed by atoms with Crippen molar-refractivity contribution in [3.05, 3.63) is 0 Å². The molecule has 0 aliphatic carbocycles. The van der Waals surface area contributed by atoms with Crippen molar-refractivity contribution in [2.24, 2.45) is 0 Å². The summed E-state index contributed by atoms with van der Waals surface area (Å²) in [6, 6.07) is 0.0396. The van der Waals surface area contributed by atoms with Gasteiger partial charge in [0.05, 0.1) is 6.04 Å². The lowest BCUT2D eigenvalue weighted by atomic mass is 9.95. The zero-order valence-corrected chi connectivity index (χ0v) is 10.8. The maximum absolute atomic E-state index is 12.2.